The molecule has 7 heteroatoms. The second-order valence-corrected chi connectivity index (χ2v) is 3.44. The van der Waals surface area contributed by atoms with Gasteiger partial charge in [-0.3, -0.25) is 4.98 Å². The van der Waals surface area contributed by atoms with Crippen LogP contribution in [0.25, 0.3) is 0 Å². The molecule has 7 nitrogen and oxygen atoms in total. The minimum absolute atomic E-state index is 0.0637. The molecule has 3 N–H and O–H groups in total. The van der Waals surface area contributed by atoms with Crippen LogP contribution >= 0.6 is 0 Å². The summed E-state index contributed by atoms with van der Waals surface area (Å²) in [6.07, 6.45) is 1.34. The standard InChI is InChI=1S/C11H15N3O4/c1-12-4-5-18-7-10(14-17)9-6-8(11(15)16)2-3-13-9/h2-3,6,12,17H,4-5,7H2,1H3,(H,15,16)/b14-10+. The molecule has 1 aromatic rings. The number of aromatic carboxylic acids is 1. The van der Waals surface area contributed by atoms with Gasteiger partial charge in [0.2, 0.25) is 0 Å². The highest BCUT2D eigenvalue weighted by Gasteiger charge is 2.10. The van der Waals surface area contributed by atoms with E-state index in [-0.39, 0.29) is 23.6 Å². The number of pyridine rings is 1. The zero-order chi connectivity index (χ0) is 13.4. The van der Waals surface area contributed by atoms with Crippen molar-refractivity contribution < 1.29 is 19.8 Å². The summed E-state index contributed by atoms with van der Waals surface area (Å²) in [5, 5.41) is 23.7. The molecule has 0 atom stereocenters. The lowest BCUT2D eigenvalue weighted by Crippen LogP contribution is -2.19. The molecule has 0 aliphatic carbocycles. The van der Waals surface area contributed by atoms with Gasteiger partial charge in [0.05, 0.1) is 24.5 Å². The highest BCUT2D eigenvalue weighted by atomic mass is 16.5. The van der Waals surface area contributed by atoms with Crippen LogP contribution < -0.4 is 5.32 Å². The van der Waals surface area contributed by atoms with Crippen molar-refractivity contribution in [1.29, 1.82) is 0 Å². The molecule has 0 radical (unpaired) electrons. The molecule has 18 heavy (non-hydrogen) atoms. The minimum Gasteiger partial charge on any atom is -0.478 e. The molecule has 1 rings (SSSR count). The quantitative estimate of drug-likeness (QED) is 0.277. The van der Waals surface area contributed by atoms with Crippen molar-refractivity contribution in [3.63, 3.8) is 0 Å². The monoisotopic (exact) mass is 253 g/mol. The third kappa shape index (κ3) is 4.11. The average molecular weight is 253 g/mol. The zero-order valence-corrected chi connectivity index (χ0v) is 9.96. The molecular weight excluding hydrogens is 238 g/mol. The predicted molar refractivity (Wildman–Crippen MR) is 64.3 cm³/mol. The number of ether oxygens (including phenoxy) is 1. The number of carboxylic acid groups (broad SMARTS) is 1. The van der Waals surface area contributed by atoms with Gasteiger partial charge in [-0.05, 0) is 19.2 Å². The second kappa shape index (κ2) is 7.36. The molecule has 1 heterocycles. The molecule has 0 amide bonds. The summed E-state index contributed by atoms with van der Waals surface area (Å²) >= 11 is 0. The Kier molecular flexibility index (Phi) is 5.75. The van der Waals surface area contributed by atoms with Crippen molar-refractivity contribution in [3.8, 4) is 0 Å². The first-order valence-electron chi connectivity index (χ1n) is 5.32. The first kappa shape index (κ1) is 14.1. The fourth-order valence-corrected chi connectivity index (χ4v) is 1.22. The SMILES string of the molecule is CNCCOC/C(=N\O)c1cc(C(=O)O)ccn1. The van der Waals surface area contributed by atoms with Gasteiger partial charge < -0.3 is 20.4 Å². The summed E-state index contributed by atoms with van der Waals surface area (Å²) in [6.45, 7) is 1.18. The van der Waals surface area contributed by atoms with Crippen LogP contribution in [-0.4, -0.2) is 53.8 Å². The van der Waals surface area contributed by atoms with E-state index in [1.54, 1.807) is 7.05 Å². The number of likely N-dealkylation sites (N-methyl/N-ethyl adjacent to an activating group) is 1. The molecule has 0 fully saturated rings. The number of oxime groups is 1. The van der Waals surface area contributed by atoms with Crippen molar-refractivity contribution in [2.75, 3.05) is 26.8 Å². The largest absolute Gasteiger partial charge is 0.478 e. The third-order valence-corrected chi connectivity index (χ3v) is 2.16. The number of carbonyl (C=O) groups is 1. The zero-order valence-electron chi connectivity index (χ0n) is 9.96. The molecule has 0 spiro atoms. The molecule has 1 aromatic heterocycles. The molecule has 0 saturated heterocycles. The van der Waals surface area contributed by atoms with Crippen LogP contribution in [0.5, 0.6) is 0 Å². The molecular formula is C11H15N3O4. The van der Waals surface area contributed by atoms with E-state index in [2.05, 4.69) is 15.5 Å². The smallest absolute Gasteiger partial charge is 0.335 e. The second-order valence-electron chi connectivity index (χ2n) is 3.44. The number of aromatic nitrogens is 1. The van der Waals surface area contributed by atoms with Gasteiger partial charge in [0, 0.05) is 12.7 Å². The van der Waals surface area contributed by atoms with Gasteiger partial charge in [0.15, 0.2) is 0 Å². The van der Waals surface area contributed by atoms with Crippen molar-refractivity contribution in [2.45, 2.75) is 0 Å². The molecule has 0 aliphatic heterocycles. The van der Waals surface area contributed by atoms with Crippen molar-refractivity contribution in [1.82, 2.24) is 10.3 Å². The number of hydrogen-bond acceptors (Lipinski definition) is 6. The van der Waals surface area contributed by atoms with Crippen LogP contribution in [-0.2, 0) is 4.74 Å². The molecule has 0 aromatic carbocycles. The molecule has 0 aliphatic rings. The van der Waals surface area contributed by atoms with Crippen LogP contribution in [0.4, 0.5) is 0 Å². The summed E-state index contributed by atoms with van der Waals surface area (Å²) in [7, 11) is 1.79. The summed E-state index contributed by atoms with van der Waals surface area (Å²) in [6, 6.07) is 2.70. The van der Waals surface area contributed by atoms with Gasteiger partial charge >= 0.3 is 5.97 Å². The Morgan fingerprint density at radius 2 is 2.39 bits per heavy atom. The molecule has 0 unspecified atom stereocenters. The Labute approximate surface area is 104 Å². The van der Waals surface area contributed by atoms with Crippen LogP contribution in [0.2, 0.25) is 0 Å². The summed E-state index contributed by atoms with van der Waals surface area (Å²) in [5.74, 6) is -1.06. The molecule has 0 saturated carbocycles. The lowest BCUT2D eigenvalue weighted by molar-refractivity contribution is 0.0696. The maximum Gasteiger partial charge on any atom is 0.335 e. The van der Waals surface area contributed by atoms with Gasteiger partial charge in [0.25, 0.3) is 0 Å². The topological polar surface area (TPSA) is 104 Å². The maximum atomic E-state index is 10.8. The number of carboxylic acids is 1. The summed E-state index contributed by atoms with van der Waals surface area (Å²) < 4.78 is 5.24. The van der Waals surface area contributed by atoms with Crippen LogP contribution in [0.1, 0.15) is 16.1 Å². The number of hydrogen-bond donors (Lipinski definition) is 3. The van der Waals surface area contributed by atoms with E-state index in [9.17, 15) is 4.79 Å². The fourth-order valence-electron chi connectivity index (χ4n) is 1.22. The van der Waals surface area contributed by atoms with E-state index in [0.29, 0.717) is 13.2 Å². The van der Waals surface area contributed by atoms with E-state index in [4.69, 9.17) is 15.1 Å². The van der Waals surface area contributed by atoms with Gasteiger partial charge in [-0.2, -0.15) is 0 Å². The van der Waals surface area contributed by atoms with Gasteiger partial charge in [-0.1, -0.05) is 5.16 Å². The number of nitrogens with one attached hydrogen (secondary N) is 1. The molecule has 0 bridgehead atoms. The van der Waals surface area contributed by atoms with Crippen LogP contribution in [0, 0.1) is 0 Å². The van der Waals surface area contributed by atoms with E-state index in [1.807, 2.05) is 0 Å². The Hall–Kier alpha value is -1.99. The maximum absolute atomic E-state index is 10.8. The van der Waals surface area contributed by atoms with E-state index < -0.39 is 5.97 Å². The van der Waals surface area contributed by atoms with Gasteiger partial charge in [-0.15, -0.1) is 0 Å². The first-order valence-corrected chi connectivity index (χ1v) is 5.32. The highest BCUT2D eigenvalue weighted by Crippen LogP contribution is 2.04. The Morgan fingerprint density at radius 3 is 3.00 bits per heavy atom. The average Bonchev–Trinajstić information content (AvgIpc) is 2.39. The first-order chi connectivity index (χ1) is 8.69. The van der Waals surface area contributed by atoms with Gasteiger partial charge in [0.1, 0.15) is 5.71 Å². The number of rotatable bonds is 7. The van der Waals surface area contributed by atoms with E-state index >= 15 is 0 Å². The Bertz CT molecular complexity index is 434. The Morgan fingerprint density at radius 1 is 1.61 bits per heavy atom. The van der Waals surface area contributed by atoms with E-state index in [0.717, 1.165) is 0 Å². The molecule has 98 valence electrons. The highest BCUT2D eigenvalue weighted by molar-refractivity contribution is 6.01. The summed E-state index contributed by atoms with van der Waals surface area (Å²) in [4.78, 5) is 14.7. The van der Waals surface area contributed by atoms with Crippen LogP contribution in [0.15, 0.2) is 23.5 Å². The minimum atomic E-state index is -1.06. The van der Waals surface area contributed by atoms with Gasteiger partial charge in [-0.25, -0.2) is 4.79 Å². The Balaban J connectivity index is 2.70. The van der Waals surface area contributed by atoms with E-state index in [1.165, 1.54) is 18.3 Å². The lowest BCUT2D eigenvalue weighted by atomic mass is 10.2. The number of nitrogens with zero attached hydrogens (tertiary/aromatic N) is 2. The van der Waals surface area contributed by atoms with Crippen molar-refractivity contribution >= 4 is 11.7 Å². The third-order valence-electron chi connectivity index (χ3n) is 2.16. The normalized spacial score (nSPS) is 11.5. The predicted octanol–water partition coefficient (Wildman–Crippen LogP) is 0.194. The fraction of sp³-hybridized carbons (Fsp3) is 0.364. The van der Waals surface area contributed by atoms with Crippen molar-refractivity contribution in [2.24, 2.45) is 5.16 Å². The van der Waals surface area contributed by atoms with Crippen LogP contribution in [0.3, 0.4) is 0 Å². The summed E-state index contributed by atoms with van der Waals surface area (Å²) in [5.41, 5.74) is 0.549. The van der Waals surface area contributed by atoms with Crippen molar-refractivity contribution in [3.05, 3.63) is 29.6 Å². The lowest BCUT2D eigenvalue weighted by Gasteiger charge is -2.06.